The first-order valence-corrected chi connectivity index (χ1v) is 6.07. The number of carboxylic acid groups (broad SMARTS) is 1. The molecule has 1 aromatic rings. The Kier molecular flexibility index (Phi) is 2.62. The SMILES string of the molecule is O=C(O)CC1(c2ncc(Br)s2)CCC1. The summed E-state index contributed by atoms with van der Waals surface area (Å²) >= 11 is 4.91. The molecule has 0 saturated heterocycles. The quantitative estimate of drug-likeness (QED) is 0.923. The molecule has 0 spiro atoms. The van der Waals surface area contributed by atoms with E-state index in [0.29, 0.717) is 0 Å². The smallest absolute Gasteiger partial charge is 0.304 e. The summed E-state index contributed by atoms with van der Waals surface area (Å²) in [6, 6.07) is 0. The maximum Gasteiger partial charge on any atom is 0.304 e. The summed E-state index contributed by atoms with van der Waals surface area (Å²) in [5.41, 5.74) is -0.164. The van der Waals surface area contributed by atoms with Gasteiger partial charge in [-0.25, -0.2) is 4.98 Å². The second-order valence-electron chi connectivity index (χ2n) is 3.67. The van der Waals surface area contributed by atoms with Crippen LogP contribution in [0.2, 0.25) is 0 Å². The van der Waals surface area contributed by atoms with Crippen molar-refractivity contribution in [3.05, 3.63) is 15.0 Å². The molecule has 1 aliphatic rings. The van der Waals surface area contributed by atoms with E-state index in [4.69, 9.17) is 5.11 Å². The fourth-order valence-corrected chi connectivity index (χ4v) is 3.31. The molecule has 5 heteroatoms. The number of carbonyl (C=O) groups is 1. The lowest BCUT2D eigenvalue weighted by Crippen LogP contribution is -2.36. The topological polar surface area (TPSA) is 50.2 Å². The highest BCUT2D eigenvalue weighted by molar-refractivity contribution is 9.11. The number of hydrogen-bond acceptors (Lipinski definition) is 3. The molecule has 1 N–H and O–H groups in total. The number of carboxylic acids is 1. The Morgan fingerprint density at radius 3 is 2.79 bits per heavy atom. The van der Waals surface area contributed by atoms with Gasteiger partial charge in [0.1, 0.15) is 5.01 Å². The summed E-state index contributed by atoms with van der Waals surface area (Å²) in [6.45, 7) is 0. The van der Waals surface area contributed by atoms with E-state index in [9.17, 15) is 4.79 Å². The summed E-state index contributed by atoms with van der Waals surface area (Å²) < 4.78 is 0.976. The third-order valence-electron chi connectivity index (χ3n) is 2.73. The van der Waals surface area contributed by atoms with Gasteiger partial charge in [0.25, 0.3) is 0 Å². The Labute approximate surface area is 94.3 Å². The number of aliphatic carboxylic acids is 1. The number of thiazole rings is 1. The molecule has 1 aromatic heterocycles. The molecule has 3 nitrogen and oxygen atoms in total. The summed E-state index contributed by atoms with van der Waals surface area (Å²) in [5.74, 6) is -0.726. The summed E-state index contributed by atoms with van der Waals surface area (Å²) in [7, 11) is 0. The fraction of sp³-hybridized carbons (Fsp3) is 0.556. The number of nitrogens with zero attached hydrogens (tertiary/aromatic N) is 1. The van der Waals surface area contributed by atoms with Gasteiger partial charge >= 0.3 is 5.97 Å². The standard InChI is InChI=1S/C9H10BrNO2S/c10-6-5-11-8(14-6)9(2-1-3-9)4-7(12)13/h5H,1-4H2,(H,12,13). The van der Waals surface area contributed by atoms with Gasteiger partial charge in [0, 0.05) is 5.41 Å². The van der Waals surface area contributed by atoms with Crippen LogP contribution in [0, 0.1) is 0 Å². The first-order valence-electron chi connectivity index (χ1n) is 4.46. The van der Waals surface area contributed by atoms with Crippen LogP contribution in [0.15, 0.2) is 9.98 Å². The first-order chi connectivity index (χ1) is 6.62. The molecule has 2 rings (SSSR count). The molecule has 1 aliphatic carbocycles. The van der Waals surface area contributed by atoms with Crippen molar-refractivity contribution >= 4 is 33.2 Å². The van der Waals surface area contributed by atoms with E-state index in [0.717, 1.165) is 28.1 Å². The van der Waals surface area contributed by atoms with Crippen molar-refractivity contribution in [2.75, 3.05) is 0 Å². The molecule has 1 fully saturated rings. The van der Waals surface area contributed by atoms with Crippen LogP contribution in [0.4, 0.5) is 0 Å². The lowest BCUT2D eigenvalue weighted by Gasteiger charge is -2.38. The van der Waals surface area contributed by atoms with Gasteiger partial charge < -0.3 is 5.11 Å². The second-order valence-corrected chi connectivity index (χ2v) is 6.08. The minimum absolute atomic E-state index is 0.164. The van der Waals surface area contributed by atoms with E-state index in [1.165, 1.54) is 0 Å². The minimum Gasteiger partial charge on any atom is -0.481 e. The van der Waals surface area contributed by atoms with E-state index in [1.54, 1.807) is 17.5 Å². The maximum atomic E-state index is 10.8. The van der Waals surface area contributed by atoms with Gasteiger partial charge in [-0.1, -0.05) is 6.42 Å². The molecule has 0 aromatic carbocycles. The highest BCUT2D eigenvalue weighted by atomic mass is 79.9. The number of hydrogen-bond donors (Lipinski definition) is 1. The van der Waals surface area contributed by atoms with Crippen molar-refractivity contribution < 1.29 is 9.90 Å². The predicted octanol–water partition coefficient (Wildman–Crippen LogP) is 2.80. The molecular weight excluding hydrogens is 266 g/mol. The van der Waals surface area contributed by atoms with Gasteiger partial charge in [-0.15, -0.1) is 11.3 Å². The Balaban J connectivity index is 2.24. The Hall–Kier alpha value is -0.420. The minimum atomic E-state index is -0.726. The van der Waals surface area contributed by atoms with Gasteiger partial charge in [-0.2, -0.15) is 0 Å². The molecule has 0 bridgehead atoms. The summed E-state index contributed by atoms with van der Waals surface area (Å²) in [6.07, 6.45) is 5.00. The summed E-state index contributed by atoms with van der Waals surface area (Å²) in [4.78, 5) is 15.0. The summed E-state index contributed by atoms with van der Waals surface area (Å²) in [5, 5.41) is 9.82. The van der Waals surface area contributed by atoms with Gasteiger partial charge in [-0.05, 0) is 28.8 Å². The number of aromatic nitrogens is 1. The lowest BCUT2D eigenvalue weighted by molar-refractivity contribution is -0.139. The van der Waals surface area contributed by atoms with E-state index in [1.807, 2.05) is 0 Å². The maximum absolute atomic E-state index is 10.8. The normalized spacial score (nSPS) is 18.9. The molecular formula is C9H10BrNO2S. The van der Waals surface area contributed by atoms with Crippen LogP contribution in [0.1, 0.15) is 30.7 Å². The largest absolute Gasteiger partial charge is 0.481 e. The molecule has 76 valence electrons. The number of rotatable bonds is 3. The van der Waals surface area contributed by atoms with Crippen LogP contribution in [-0.2, 0) is 10.2 Å². The van der Waals surface area contributed by atoms with Crippen molar-refractivity contribution in [1.82, 2.24) is 4.98 Å². The van der Waals surface area contributed by atoms with Crippen LogP contribution in [-0.4, -0.2) is 16.1 Å². The highest BCUT2D eigenvalue weighted by Gasteiger charge is 2.42. The Morgan fingerprint density at radius 2 is 2.43 bits per heavy atom. The lowest BCUT2D eigenvalue weighted by atomic mass is 9.67. The molecule has 0 radical (unpaired) electrons. The van der Waals surface area contributed by atoms with Crippen LogP contribution in [0.3, 0.4) is 0 Å². The van der Waals surface area contributed by atoms with Crippen molar-refractivity contribution in [2.45, 2.75) is 31.1 Å². The second kappa shape index (κ2) is 3.62. The average Bonchev–Trinajstić information content (AvgIpc) is 2.44. The zero-order chi connectivity index (χ0) is 10.2. The van der Waals surface area contributed by atoms with Crippen molar-refractivity contribution in [3.63, 3.8) is 0 Å². The first kappa shape index (κ1) is 10.1. The van der Waals surface area contributed by atoms with E-state index in [2.05, 4.69) is 20.9 Å². The van der Waals surface area contributed by atoms with E-state index >= 15 is 0 Å². The van der Waals surface area contributed by atoms with Crippen molar-refractivity contribution in [1.29, 1.82) is 0 Å². The van der Waals surface area contributed by atoms with Crippen molar-refractivity contribution in [2.24, 2.45) is 0 Å². The highest BCUT2D eigenvalue weighted by Crippen LogP contribution is 2.48. The molecule has 1 heterocycles. The van der Waals surface area contributed by atoms with Gasteiger partial charge in [0.05, 0.1) is 16.4 Å². The van der Waals surface area contributed by atoms with Crippen LogP contribution < -0.4 is 0 Å². The van der Waals surface area contributed by atoms with Crippen LogP contribution in [0.5, 0.6) is 0 Å². The third kappa shape index (κ3) is 1.70. The van der Waals surface area contributed by atoms with Crippen molar-refractivity contribution in [3.8, 4) is 0 Å². The molecule has 0 aliphatic heterocycles. The Morgan fingerprint density at radius 1 is 1.71 bits per heavy atom. The van der Waals surface area contributed by atoms with E-state index < -0.39 is 5.97 Å². The molecule has 0 unspecified atom stereocenters. The molecule has 0 atom stereocenters. The zero-order valence-electron chi connectivity index (χ0n) is 7.49. The zero-order valence-corrected chi connectivity index (χ0v) is 9.90. The van der Waals surface area contributed by atoms with Crippen LogP contribution >= 0.6 is 27.3 Å². The molecule has 1 saturated carbocycles. The number of halogens is 1. The average molecular weight is 276 g/mol. The van der Waals surface area contributed by atoms with E-state index in [-0.39, 0.29) is 11.8 Å². The van der Waals surface area contributed by atoms with Gasteiger partial charge in [0.15, 0.2) is 0 Å². The molecule has 14 heavy (non-hydrogen) atoms. The third-order valence-corrected chi connectivity index (χ3v) is 4.45. The Bertz CT molecular complexity index is 359. The van der Waals surface area contributed by atoms with Crippen LogP contribution in [0.25, 0.3) is 0 Å². The predicted molar refractivity (Wildman–Crippen MR) is 57.6 cm³/mol. The monoisotopic (exact) mass is 275 g/mol. The van der Waals surface area contributed by atoms with Gasteiger partial charge in [0.2, 0.25) is 0 Å². The van der Waals surface area contributed by atoms with Gasteiger partial charge in [-0.3, -0.25) is 4.79 Å². The molecule has 0 amide bonds. The fourth-order valence-electron chi connectivity index (χ4n) is 1.86.